The lowest BCUT2D eigenvalue weighted by molar-refractivity contribution is 0.435. The number of hydrogen-bond acceptors (Lipinski definition) is 0. The fourth-order valence-corrected chi connectivity index (χ4v) is 2.97. The van der Waals surface area contributed by atoms with E-state index in [1.807, 2.05) is 0 Å². The number of fused-ring (bicyclic) bond motifs is 3. The van der Waals surface area contributed by atoms with Crippen molar-refractivity contribution in [3.8, 4) is 0 Å². The van der Waals surface area contributed by atoms with Crippen LogP contribution in [-0.4, -0.2) is 4.98 Å². The topological polar surface area (TPSA) is 15.8 Å². The lowest BCUT2D eigenvalue weighted by Gasteiger charge is -2.38. The van der Waals surface area contributed by atoms with Gasteiger partial charge in [-0.15, -0.1) is 0 Å². The van der Waals surface area contributed by atoms with Crippen molar-refractivity contribution in [2.75, 3.05) is 0 Å². The number of aromatic nitrogens is 1. The minimum atomic E-state index is 0.419. The van der Waals surface area contributed by atoms with Crippen LogP contribution in [0.1, 0.15) is 50.2 Å². The number of H-pyrrole nitrogens is 1. The molecule has 1 heteroatoms. The molecular weight excluding hydrogens is 158 g/mol. The van der Waals surface area contributed by atoms with Crippen molar-refractivity contribution >= 4 is 0 Å². The number of hydrogen-bond donors (Lipinski definition) is 1. The first-order chi connectivity index (χ1) is 5.92. The summed E-state index contributed by atoms with van der Waals surface area (Å²) in [7, 11) is 0. The minimum Gasteiger partial charge on any atom is -0.361 e. The van der Waals surface area contributed by atoms with Gasteiger partial charge in [0, 0.05) is 22.2 Å². The summed E-state index contributed by atoms with van der Waals surface area (Å²) in [5.41, 5.74) is 7.15. The third-order valence-electron chi connectivity index (χ3n) is 3.81. The van der Waals surface area contributed by atoms with Gasteiger partial charge in [-0.2, -0.15) is 0 Å². The molecule has 1 aromatic rings. The average Bonchev–Trinajstić information content (AvgIpc) is 2.21. The zero-order valence-corrected chi connectivity index (χ0v) is 8.91. The van der Waals surface area contributed by atoms with Crippen molar-refractivity contribution in [3.63, 3.8) is 0 Å². The van der Waals surface area contributed by atoms with Gasteiger partial charge in [-0.3, -0.25) is 0 Å². The van der Waals surface area contributed by atoms with E-state index in [2.05, 4.69) is 32.7 Å². The Kier molecular flexibility index (Phi) is 1.02. The van der Waals surface area contributed by atoms with Crippen molar-refractivity contribution < 1.29 is 0 Å². The molecule has 1 heterocycles. The molecule has 0 amide bonds. The second-order valence-corrected chi connectivity index (χ2v) is 5.95. The number of rotatable bonds is 0. The fraction of sp³-hybridized carbons (Fsp3) is 0.667. The standard InChI is InChI=1S/C12H17N/c1-11(2)5-7-8-6-12(3,4)10(8)13-9(7)11/h13H,5-6H2,1-4H3. The van der Waals surface area contributed by atoms with Crippen LogP contribution in [0, 0.1) is 0 Å². The van der Waals surface area contributed by atoms with Crippen LogP contribution in [0.2, 0.25) is 0 Å². The molecule has 0 bridgehead atoms. The highest BCUT2D eigenvalue weighted by Crippen LogP contribution is 2.51. The second-order valence-electron chi connectivity index (χ2n) is 5.95. The van der Waals surface area contributed by atoms with Crippen molar-refractivity contribution in [1.82, 2.24) is 4.98 Å². The molecule has 0 saturated heterocycles. The van der Waals surface area contributed by atoms with E-state index in [9.17, 15) is 0 Å². The van der Waals surface area contributed by atoms with Gasteiger partial charge >= 0.3 is 0 Å². The van der Waals surface area contributed by atoms with Crippen molar-refractivity contribution in [2.24, 2.45) is 0 Å². The maximum atomic E-state index is 3.63. The van der Waals surface area contributed by atoms with Crippen LogP contribution in [0.5, 0.6) is 0 Å². The summed E-state index contributed by atoms with van der Waals surface area (Å²) in [6, 6.07) is 0. The Morgan fingerprint density at radius 1 is 0.846 bits per heavy atom. The molecule has 2 aliphatic rings. The van der Waals surface area contributed by atoms with E-state index in [4.69, 9.17) is 0 Å². The van der Waals surface area contributed by atoms with Gasteiger partial charge in [-0.25, -0.2) is 0 Å². The minimum absolute atomic E-state index is 0.419. The van der Waals surface area contributed by atoms with Gasteiger partial charge in [0.1, 0.15) is 0 Å². The zero-order chi connectivity index (χ0) is 9.43. The molecule has 0 saturated carbocycles. The van der Waals surface area contributed by atoms with E-state index < -0.39 is 0 Å². The van der Waals surface area contributed by atoms with Crippen LogP contribution >= 0.6 is 0 Å². The zero-order valence-electron chi connectivity index (χ0n) is 8.91. The summed E-state index contributed by atoms with van der Waals surface area (Å²) < 4.78 is 0. The Labute approximate surface area is 79.5 Å². The molecule has 0 fully saturated rings. The fourth-order valence-electron chi connectivity index (χ4n) is 2.97. The van der Waals surface area contributed by atoms with Crippen LogP contribution < -0.4 is 0 Å². The van der Waals surface area contributed by atoms with Crippen LogP contribution in [0.15, 0.2) is 0 Å². The smallest absolute Gasteiger partial charge is 0.0245 e. The first-order valence-electron chi connectivity index (χ1n) is 5.16. The Bertz CT molecular complexity index is 357. The summed E-state index contributed by atoms with van der Waals surface area (Å²) in [5.74, 6) is 0. The molecular formula is C12H17N. The summed E-state index contributed by atoms with van der Waals surface area (Å²) in [6.45, 7) is 9.32. The van der Waals surface area contributed by atoms with Gasteiger partial charge in [-0.05, 0) is 24.0 Å². The Morgan fingerprint density at radius 2 is 1.23 bits per heavy atom. The van der Waals surface area contributed by atoms with E-state index in [1.54, 1.807) is 11.1 Å². The van der Waals surface area contributed by atoms with Gasteiger partial charge in [0.05, 0.1) is 0 Å². The maximum absolute atomic E-state index is 3.63. The molecule has 1 nitrogen and oxygen atoms in total. The summed E-state index contributed by atoms with van der Waals surface area (Å²) in [6.07, 6.45) is 2.56. The summed E-state index contributed by atoms with van der Waals surface area (Å²) >= 11 is 0. The van der Waals surface area contributed by atoms with Gasteiger partial charge < -0.3 is 4.98 Å². The summed E-state index contributed by atoms with van der Waals surface area (Å²) in [5, 5.41) is 0. The van der Waals surface area contributed by atoms with Crippen LogP contribution in [0.25, 0.3) is 0 Å². The molecule has 0 aliphatic heterocycles. The Balaban J connectivity index is 2.17. The van der Waals surface area contributed by atoms with Gasteiger partial charge in [0.25, 0.3) is 0 Å². The molecule has 70 valence electrons. The van der Waals surface area contributed by atoms with E-state index in [-0.39, 0.29) is 0 Å². The molecule has 0 unspecified atom stereocenters. The van der Waals surface area contributed by atoms with Crippen LogP contribution in [0.4, 0.5) is 0 Å². The van der Waals surface area contributed by atoms with Crippen molar-refractivity contribution in [2.45, 2.75) is 51.4 Å². The van der Waals surface area contributed by atoms with E-state index in [0.717, 1.165) is 0 Å². The average molecular weight is 175 g/mol. The van der Waals surface area contributed by atoms with Crippen molar-refractivity contribution in [3.05, 3.63) is 22.5 Å². The van der Waals surface area contributed by atoms with Gasteiger partial charge in [0.2, 0.25) is 0 Å². The van der Waals surface area contributed by atoms with E-state index >= 15 is 0 Å². The second kappa shape index (κ2) is 1.73. The number of aromatic amines is 1. The molecule has 0 radical (unpaired) electrons. The first-order valence-corrected chi connectivity index (χ1v) is 5.16. The van der Waals surface area contributed by atoms with E-state index in [0.29, 0.717) is 10.8 Å². The van der Waals surface area contributed by atoms with Crippen LogP contribution in [-0.2, 0) is 23.7 Å². The van der Waals surface area contributed by atoms with Crippen LogP contribution in [0.3, 0.4) is 0 Å². The monoisotopic (exact) mass is 175 g/mol. The molecule has 13 heavy (non-hydrogen) atoms. The molecule has 0 atom stereocenters. The largest absolute Gasteiger partial charge is 0.361 e. The van der Waals surface area contributed by atoms with Crippen molar-refractivity contribution in [1.29, 1.82) is 0 Å². The predicted octanol–water partition coefficient (Wildman–Crippen LogP) is 2.68. The highest BCUT2D eigenvalue weighted by atomic mass is 14.8. The molecule has 0 aromatic carbocycles. The number of nitrogens with one attached hydrogen (secondary N) is 1. The third-order valence-corrected chi connectivity index (χ3v) is 3.81. The molecule has 0 spiro atoms. The normalized spacial score (nSPS) is 25.5. The van der Waals surface area contributed by atoms with Gasteiger partial charge in [-0.1, -0.05) is 27.7 Å². The molecule has 3 rings (SSSR count). The highest BCUT2D eigenvalue weighted by molar-refractivity contribution is 5.56. The SMILES string of the molecule is CC1(C)Cc2c1[nH]c1c2CC1(C)C. The quantitative estimate of drug-likeness (QED) is 0.624. The Hall–Kier alpha value is -0.720. The lowest BCUT2D eigenvalue weighted by atomic mass is 9.64. The molecule has 2 aliphatic carbocycles. The van der Waals surface area contributed by atoms with E-state index in [1.165, 1.54) is 24.2 Å². The lowest BCUT2D eigenvalue weighted by Crippen LogP contribution is -2.34. The third kappa shape index (κ3) is 0.699. The predicted molar refractivity (Wildman–Crippen MR) is 54.3 cm³/mol. The Morgan fingerprint density at radius 3 is 1.54 bits per heavy atom. The van der Waals surface area contributed by atoms with Gasteiger partial charge in [0.15, 0.2) is 0 Å². The molecule has 1 N–H and O–H groups in total. The maximum Gasteiger partial charge on any atom is 0.0245 e. The highest BCUT2D eigenvalue weighted by Gasteiger charge is 2.46. The molecule has 1 aromatic heterocycles. The first kappa shape index (κ1) is 7.66. The summed E-state index contributed by atoms with van der Waals surface area (Å²) in [4.78, 5) is 3.63.